The van der Waals surface area contributed by atoms with Gasteiger partial charge >= 0.3 is 5.97 Å². The zero-order valence-corrected chi connectivity index (χ0v) is 13.1. The number of carboxylic acids is 1. The van der Waals surface area contributed by atoms with Gasteiger partial charge in [0.15, 0.2) is 5.75 Å². The predicted octanol–water partition coefficient (Wildman–Crippen LogP) is 2.88. The molecule has 1 aromatic carbocycles. The Labute approximate surface area is 138 Å². The summed E-state index contributed by atoms with van der Waals surface area (Å²) < 4.78 is 5.22. The van der Waals surface area contributed by atoms with E-state index in [4.69, 9.17) is 4.74 Å². The van der Waals surface area contributed by atoms with Crippen LogP contribution in [-0.4, -0.2) is 29.1 Å². The second kappa shape index (κ2) is 6.57. The first-order valence-corrected chi connectivity index (χ1v) is 7.52. The molecule has 1 heterocycles. The van der Waals surface area contributed by atoms with Gasteiger partial charge in [0.25, 0.3) is 0 Å². The monoisotopic (exact) mass is 327 g/mol. The van der Waals surface area contributed by atoms with Crippen molar-refractivity contribution in [1.82, 2.24) is 4.98 Å². The van der Waals surface area contributed by atoms with E-state index in [-0.39, 0.29) is 23.1 Å². The number of hydrogen-bond acceptors (Lipinski definition) is 5. The number of carbonyl (C=O) groups excluding carboxylic acids is 1. The minimum absolute atomic E-state index is 0.0231. The molecule has 7 heteroatoms. The second-order valence-corrected chi connectivity index (χ2v) is 5.51. The number of nitrogens with one attached hydrogen (secondary N) is 2. The molecule has 0 aliphatic heterocycles. The summed E-state index contributed by atoms with van der Waals surface area (Å²) in [5, 5.41) is 15.1. The molecule has 3 rings (SSSR count). The van der Waals surface area contributed by atoms with Crippen LogP contribution < -0.4 is 15.4 Å². The number of para-hydroxylation sites is 1. The largest absolute Gasteiger partial charge is 0.494 e. The van der Waals surface area contributed by atoms with Crippen molar-refractivity contribution in [2.75, 3.05) is 17.7 Å². The average Bonchev–Trinajstić information content (AvgIpc) is 3.40. The minimum Gasteiger partial charge on any atom is -0.494 e. The molecule has 3 N–H and O–H groups in total. The molecule has 1 saturated carbocycles. The van der Waals surface area contributed by atoms with Crippen LogP contribution in [0.25, 0.3) is 0 Å². The van der Waals surface area contributed by atoms with Crippen LogP contribution in [0.2, 0.25) is 0 Å². The number of anilines is 3. The lowest BCUT2D eigenvalue weighted by atomic mass is 10.1. The van der Waals surface area contributed by atoms with Gasteiger partial charge in [0.05, 0.1) is 12.8 Å². The van der Waals surface area contributed by atoms with Crippen LogP contribution in [0.1, 0.15) is 23.2 Å². The Balaban J connectivity index is 1.82. The molecule has 24 heavy (non-hydrogen) atoms. The van der Waals surface area contributed by atoms with Crippen molar-refractivity contribution >= 4 is 29.1 Å². The number of aromatic carboxylic acids is 1. The lowest BCUT2D eigenvalue weighted by molar-refractivity contribution is -0.117. The van der Waals surface area contributed by atoms with E-state index in [1.165, 1.54) is 13.2 Å². The molecule has 1 aliphatic rings. The quantitative estimate of drug-likeness (QED) is 0.754. The first-order chi connectivity index (χ1) is 11.6. The molecule has 0 radical (unpaired) electrons. The van der Waals surface area contributed by atoms with Crippen molar-refractivity contribution in [2.24, 2.45) is 5.92 Å². The predicted molar refractivity (Wildman–Crippen MR) is 88.8 cm³/mol. The Kier molecular flexibility index (Phi) is 4.33. The number of ether oxygens (including phenoxy) is 1. The molecular formula is C17H17N3O4. The van der Waals surface area contributed by atoms with E-state index < -0.39 is 5.97 Å². The maximum absolute atomic E-state index is 11.8. The van der Waals surface area contributed by atoms with Gasteiger partial charge in [-0.25, -0.2) is 9.78 Å². The Bertz CT molecular complexity index is 787. The first-order valence-electron chi connectivity index (χ1n) is 7.52. The van der Waals surface area contributed by atoms with Gasteiger partial charge < -0.3 is 20.5 Å². The van der Waals surface area contributed by atoms with Gasteiger partial charge in [-0.15, -0.1) is 0 Å². The molecule has 7 nitrogen and oxygen atoms in total. The summed E-state index contributed by atoms with van der Waals surface area (Å²) in [6.07, 6.45) is 3.41. The van der Waals surface area contributed by atoms with Gasteiger partial charge in [0, 0.05) is 23.9 Å². The maximum atomic E-state index is 11.8. The highest BCUT2D eigenvalue weighted by Crippen LogP contribution is 2.32. The Morgan fingerprint density at radius 1 is 1.29 bits per heavy atom. The summed E-state index contributed by atoms with van der Waals surface area (Å²) in [4.78, 5) is 27.2. The first kappa shape index (κ1) is 15.8. The smallest absolute Gasteiger partial charge is 0.339 e. The van der Waals surface area contributed by atoms with E-state index in [1.54, 1.807) is 30.5 Å². The van der Waals surface area contributed by atoms with Crippen LogP contribution >= 0.6 is 0 Å². The zero-order valence-electron chi connectivity index (χ0n) is 13.1. The van der Waals surface area contributed by atoms with Crippen molar-refractivity contribution in [1.29, 1.82) is 0 Å². The van der Waals surface area contributed by atoms with Crippen molar-refractivity contribution in [2.45, 2.75) is 12.8 Å². The molecule has 0 saturated heterocycles. The SMILES string of the molecule is COc1c(Nc2ccnc(NC(=O)C3CC3)c2)cccc1C(=O)O. The van der Waals surface area contributed by atoms with E-state index in [0.717, 1.165) is 12.8 Å². The molecule has 0 bridgehead atoms. The van der Waals surface area contributed by atoms with Gasteiger partial charge in [-0.2, -0.15) is 0 Å². The molecule has 1 aliphatic carbocycles. The van der Waals surface area contributed by atoms with Gasteiger partial charge in [-0.05, 0) is 31.0 Å². The molecule has 1 fully saturated rings. The summed E-state index contributed by atoms with van der Waals surface area (Å²) in [6, 6.07) is 8.23. The fourth-order valence-electron chi connectivity index (χ4n) is 2.33. The van der Waals surface area contributed by atoms with Gasteiger partial charge in [-0.1, -0.05) is 6.07 Å². The molecule has 0 unspecified atom stereocenters. The van der Waals surface area contributed by atoms with Crippen molar-refractivity contribution in [3.63, 3.8) is 0 Å². The number of nitrogens with zero attached hydrogens (tertiary/aromatic N) is 1. The Hall–Kier alpha value is -3.09. The minimum atomic E-state index is -1.07. The Morgan fingerprint density at radius 3 is 2.75 bits per heavy atom. The van der Waals surface area contributed by atoms with Crippen LogP contribution in [0.3, 0.4) is 0 Å². The number of rotatable bonds is 6. The number of aromatic nitrogens is 1. The highest BCUT2D eigenvalue weighted by Gasteiger charge is 2.29. The summed E-state index contributed by atoms with van der Waals surface area (Å²) in [6.45, 7) is 0. The third-order valence-corrected chi connectivity index (χ3v) is 3.69. The lowest BCUT2D eigenvalue weighted by Crippen LogP contribution is -2.14. The van der Waals surface area contributed by atoms with Gasteiger partial charge in [0.2, 0.25) is 5.91 Å². The third kappa shape index (κ3) is 3.45. The summed E-state index contributed by atoms with van der Waals surface area (Å²) in [7, 11) is 1.42. The maximum Gasteiger partial charge on any atom is 0.339 e. The molecule has 1 amide bonds. The van der Waals surface area contributed by atoms with Gasteiger partial charge in [-0.3, -0.25) is 4.79 Å². The zero-order chi connectivity index (χ0) is 17.1. The Morgan fingerprint density at radius 2 is 2.08 bits per heavy atom. The number of carbonyl (C=O) groups is 2. The van der Waals surface area contributed by atoms with Crippen LogP contribution in [-0.2, 0) is 4.79 Å². The summed E-state index contributed by atoms with van der Waals surface area (Å²) in [5.41, 5.74) is 1.25. The number of carboxylic acid groups (broad SMARTS) is 1. The number of pyridine rings is 1. The number of hydrogen-bond donors (Lipinski definition) is 3. The fraction of sp³-hybridized carbons (Fsp3) is 0.235. The molecule has 124 valence electrons. The van der Waals surface area contributed by atoms with E-state index in [1.807, 2.05) is 0 Å². The van der Waals surface area contributed by atoms with Crippen LogP contribution in [0.15, 0.2) is 36.5 Å². The molecule has 2 aromatic rings. The van der Waals surface area contributed by atoms with Crippen molar-refractivity contribution in [3.8, 4) is 5.75 Å². The van der Waals surface area contributed by atoms with Gasteiger partial charge in [0.1, 0.15) is 11.4 Å². The van der Waals surface area contributed by atoms with Crippen LogP contribution in [0.4, 0.5) is 17.2 Å². The van der Waals surface area contributed by atoms with Crippen LogP contribution in [0.5, 0.6) is 5.75 Å². The summed E-state index contributed by atoms with van der Waals surface area (Å²) in [5.74, 6) is -0.306. The third-order valence-electron chi connectivity index (χ3n) is 3.69. The average molecular weight is 327 g/mol. The molecule has 0 atom stereocenters. The number of methoxy groups -OCH3 is 1. The lowest BCUT2D eigenvalue weighted by Gasteiger charge is -2.14. The highest BCUT2D eigenvalue weighted by molar-refractivity contribution is 5.95. The van der Waals surface area contributed by atoms with Crippen molar-refractivity contribution in [3.05, 3.63) is 42.1 Å². The number of amides is 1. The molecule has 0 spiro atoms. The van der Waals surface area contributed by atoms with Crippen molar-refractivity contribution < 1.29 is 19.4 Å². The molecule has 1 aromatic heterocycles. The topological polar surface area (TPSA) is 101 Å². The fourth-order valence-corrected chi connectivity index (χ4v) is 2.33. The molecular weight excluding hydrogens is 310 g/mol. The van der Waals surface area contributed by atoms with E-state index in [0.29, 0.717) is 17.2 Å². The standard InChI is InChI=1S/C17H17N3O4/c1-24-15-12(17(22)23)3-2-4-13(15)19-11-7-8-18-14(9-11)20-16(21)10-5-6-10/h2-4,7-10H,5-6H2,1H3,(H,22,23)(H2,18,19,20,21). The second-order valence-electron chi connectivity index (χ2n) is 5.51. The van der Waals surface area contributed by atoms with E-state index in [2.05, 4.69) is 15.6 Å². The van der Waals surface area contributed by atoms with E-state index >= 15 is 0 Å². The summed E-state index contributed by atoms with van der Waals surface area (Å²) >= 11 is 0. The highest BCUT2D eigenvalue weighted by atomic mass is 16.5. The normalized spacial score (nSPS) is 13.2. The number of benzene rings is 1. The van der Waals surface area contributed by atoms with E-state index in [9.17, 15) is 14.7 Å². The van der Waals surface area contributed by atoms with Crippen LogP contribution in [0, 0.1) is 5.92 Å².